The molecular formula is C18H18O4. The quantitative estimate of drug-likeness (QED) is 0.810. The van der Waals surface area contributed by atoms with Gasteiger partial charge in [-0.3, -0.25) is 4.79 Å². The van der Waals surface area contributed by atoms with E-state index in [9.17, 15) is 4.79 Å². The smallest absolute Gasteiger partial charge is 0.167 e. The molecule has 114 valence electrons. The highest BCUT2D eigenvalue weighted by Gasteiger charge is 2.21. The summed E-state index contributed by atoms with van der Waals surface area (Å²) in [5, 5.41) is 0. The molecular weight excluding hydrogens is 280 g/mol. The van der Waals surface area contributed by atoms with Gasteiger partial charge in [0.1, 0.15) is 22.8 Å². The minimum atomic E-state index is -0.0816. The van der Waals surface area contributed by atoms with Gasteiger partial charge in [-0.1, -0.05) is 12.1 Å². The third-order valence-corrected chi connectivity index (χ3v) is 3.91. The molecule has 1 aliphatic heterocycles. The lowest BCUT2D eigenvalue weighted by molar-refractivity contribution is 0.101. The van der Waals surface area contributed by atoms with Crippen LogP contribution in [0, 0.1) is 0 Å². The Kier molecular flexibility index (Phi) is 3.75. The van der Waals surface area contributed by atoms with Crippen LogP contribution in [0.5, 0.6) is 17.2 Å². The van der Waals surface area contributed by atoms with Crippen molar-refractivity contribution in [3.05, 3.63) is 41.5 Å². The maximum absolute atomic E-state index is 11.9. The van der Waals surface area contributed by atoms with Crippen LogP contribution in [0.1, 0.15) is 22.8 Å². The average Bonchev–Trinajstić information content (AvgIpc) is 3.01. The molecule has 0 N–H and O–H groups in total. The van der Waals surface area contributed by atoms with Crippen LogP contribution in [0.2, 0.25) is 0 Å². The third kappa shape index (κ3) is 2.30. The summed E-state index contributed by atoms with van der Waals surface area (Å²) in [5.41, 5.74) is 3.70. The molecule has 0 saturated carbocycles. The standard InChI is InChI=1S/C18H18O4/c1-11(19)18-16(20-2)9-12(10-17(18)21-3)13-5-4-6-15-14(13)7-8-22-15/h4-6,9-10H,7-8H2,1-3H3. The number of fused-ring (bicyclic) bond motifs is 1. The summed E-state index contributed by atoms with van der Waals surface area (Å²) in [6, 6.07) is 9.76. The summed E-state index contributed by atoms with van der Waals surface area (Å²) in [6.45, 7) is 2.21. The first-order chi connectivity index (χ1) is 10.7. The molecule has 2 aromatic rings. The molecule has 0 amide bonds. The molecule has 2 aromatic carbocycles. The number of Topliss-reactive ketones (excluding diaryl/α,β-unsaturated/α-hetero) is 1. The van der Waals surface area contributed by atoms with Crippen LogP contribution in [0.25, 0.3) is 11.1 Å². The van der Waals surface area contributed by atoms with E-state index in [4.69, 9.17) is 14.2 Å². The van der Waals surface area contributed by atoms with Gasteiger partial charge in [-0.2, -0.15) is 0 Å². The van der Waals surface area contributed by atoms with E-state index < -0.39 is 0 Å². The highest BCUT2D eigenvalue weighted by molar-refractivity contribution is 6.00. The predicted octanol–water partition coefficient (Wildman–Crippen LogP) is 3.51. The second kappa shape index (κ2) is 5.72. The van der Waals surface area contributed by atoms with Crippen LogP contribution in [0.15, 0.2) is 30.3 Å². The summed E-state index contributed by atoms with van der Waals surface area (Å²) >= 11 is 0. The molecule has 0 bridgehead atoms. The largest absolute Gasteiger partial charge is 0.496 e. The zero-order chi connectivity index (χ0) is 15.7. The fourth-order valence-corrected chi connectivity index (χ4v) is 2.91. The third-order valence-electron chi connectivity index (χ3n) is 3.91. The minimum absolute atomic E-state index is 0.0816. The van der Waals surface area contributed by atoms with Gasteiger partial charge in [0.2, 0.25) is 0 Å². The van der Waals surface area contributed by atoms with Crippen molar-refractivity contribution < 1.29 is 19.0 Å². The van der Waals surface area contributed by atoms with Gasteiger partial charge in [0.15, 0.2) is 5.78 Å². The highest BCUT2D eigenvalue weighted by Crippen LogP contribution is 2.40. The van der Waals surface area contributed by atoms with Crippen molar-refractivity contribution in [3.8, 4) is 28.4 Å². The van der Waals surface area contributed by atoms with Gasteiger partial charge in [-0.15, -0.1) is 0 Å². The van der Waals surface area contributed by atoms with E-state index in [2.05, 4.69) is 6.07 Å². The van der Waals surface area contributed by atoms with Gasteiger partial charge >= 0.3 is 0 Å². The van der Waals surface area contributed by atoms with Crippen LogP contribution in [-0.4, -0.2) is 26.6 Å². The minimum Gasteiger partial charge on any atom is -0.496 e. The molecule has 4 heteroatoms. The molecule has 0 atom stereocenters. The molecule has 4 nitrogen and oxygen atoms in total. The van der Waals surface area contributed by atoms with E-state index in [1.54, 1.807) is 14.2 Å². The first kappa shape index (κ1) is 14.4. The molecule has 0 aromatic heterocycles. The lowest BCUT2D eigenvalue weighted by Crippen LogP contribution is -2.02. The fourth-order valence-electron chi connectivity index (χ4n) is 2.91. The Morgan fingerprint density at radius 2 is 1.82 bits per heavy atom. The van der Waals surface area contributed by atoms with E-state index >= 15 is 0 Å². The SMILES string of the molecule is COc1cc(-c2cccc3c2CCO3)cc(OC)c1C(C)=O. The van der Waals surface area contributed by atoms with E-state index in [0.29, 0.717) is 23.7 Å². The number of hydrogen-bond donors (Lipinski definition) is 0. The van der Waals surface area contributed by atoms with Crippen molar-refractivity contribution in [1.82, 2.24) is 0 Å². The van der Waals surface area contributed by atoms with Gasteiger partial charge in [0.25, 0.3) is 0 Å². The molecule has 0 unspecified atom stereocenters. The van der Waals surface area contributed by atoms with Crippen molar-refractivity contribution in [1.29, 1.82) is 0 Å². The van der Waals surface area contributed by atoms with E-state index in [0.717, 1.165) is 23.3 Å². The number of hydrogen-bond acceptors (Lipinski definition) is 4. The Balaban J connectivity index is 2.21. The summed E-state index contributed by atoms with van der Waals surface area (Å²) in [4.78, 5) is 11.9. The maximum atomic E-state index is 11.9. The second-order valence-electron chi connectivity index (χ2n) is 5.19. The second-order valence-corrected chi connectivity index (χ2v) is 5.19. The van der Waals surface area contributed by atoms with Crippen LogP contribution in [0.3, 0.4) is 0 Å². The van der Waals surface area contributed by atoms with Gasteiger partial charge < -0.3 is 14.2 Å². The molecule has 22 heavy (non-hydrogen) atoms. The van der Waals surface area contributed by atoms with Crippen molar-refractivity contribution in [3.63, 3.8) is 0 Å². The predicted molar refractivity (Wildman–Crippen MR) is 84.2 cm³/mol. The Bertz CT molecular complexity index is 709. The summed E-state index contributed by atoms with van der Waals surface area (Å²) in [6.07, 6.45) is 0.880. The Morgan fingerprint density at radius 3 is 2.41 bits per heavy atom. The number of carbonyl (C=O) groups excluding carboxylic acids is 1. The van der Waals surface area contributed by atoms with Crippen molar-refractivity contribution in [2.45, 2.75) is 13.3 Å². The topological polar surface area (TPSA) is 44.8 Å². The Labute approximate surface area is 129 Å². The van der Waals surface area contributed by atoms with Crippen LogP contribution >= 0.6 is 0 Å². The van der Waals surface area contributed by atoms with E-state index in [1.165, 1.54) is 12.5 Å². The van der Waals surface area contributed by atoms with Crippen molar-refractivity contribution >= 4 is 5.78 Å². The van der Waals surface area contributed by atoms with Crippen LogP contribution in [-0.2, 0) is 6.42 Å². The summed E-state index contributed by atoms with van der Waals surface area (Å²) in [5.74, 6) is 1.89. The first-order valence-electron chi connectivity index (χ1n) is 7.17. The van der Waals surface area contributed by atoms with Gasteiger partial charge in [0.05, 0.1) is 20.8 Å². The molecule has 0 saturated heterocycles. The lowest BCUT2D eigenvalue weighted by Gasteiger charge is -2.15. The molecule has 1 heterocycles. The number of benzene rings is 2. The number of methoxy groups -OCH3 is 2. The molecule has 1 aliphatic rings. The zero-order valence-electron chi connectivity index (χ0n) is 12.9. The number of ether oxygens (including phenoxy) is 3. The summed E-state index contributed by atoms with van der Waals surface area (Å²) in [7, 11) is 3.12. The highest BCUT2D eigenvalue weighted by atomic mass is 16.5. The Morgan fingerprint density at radius 1 is 1.14 bits per heavy atom. The van der Waals surface area contributed by atoms with Gasteiger partial charge in [0, 0.05) is 12.0 Å². The monoisotopic (exact) mass is 298 g/mol. The Hall–Kier alpha value is -2.49. The zero-order valence-corrected chi connectivity index (χ0v) is 12.9. The number of rotatable bonds is 4. The van der Waals surface area contributed by atoms with Crippen molar-refractivity contribution in [2.75, 3.05) is 20.8 Å². The van der Waals surface area contributed by atoms with Gasteiger partial charge in [-0.05, 0) is 36.2 Å². The molecule has 0 aliphatic carbocycles. The normalized spacial score (nSPS) is 12.5. The van der Waals surface area contributed by atoms with E-state index in [-0.39, 0.29) is 5.78 Å². The number of ketones is 1. The summed E-state index contributed by atoms with van der Waals surface area (Å²) < 4.78 is 16.4. The van der Waals surface area contributed by atoms with Crippen LogP contribution < -0.4 is 14.2 Å². The lowest BCUT2D eigenvalue weighted by atomic mass is 9.95. The molecule has 0 spiro atoms. The average molecular weight is 298 g/mol. The molecule has 0 radical (unpaired) electrons. The molecule has 0 fully saturated rings. The first-order valence-corrected chi connectivity index (χ1v) is 7.17. The fraction of sp³-hybridized carbons (Fsp3) is 0.278. The molecule has 3 rings (SSSR count). The number of carbonyl (C=O) groups is 1. The van der Waals surface area contributed by atoms with E-state index in [1.807, 2.05) is 24.3 Å². The van der Waals surface area contributed by atoms with Crippen LogP contribution in [0.4, 0.5) is 0 Å². The van der Waals surface area contributed by atoms with Gasteiger partial charge in [-0.25, -0.2) is 0 Å². The van der Waals surface area contributed by atoms with Crippen molar-refractivity contribution in [2.24, 2.45) is 0 Å². The maximum Gasteiger partial charge on any atom is 0.167 e.